The predicted molar refractivity (Wildman–Crippen MR) is 117 cm³/mol. The lowest BCUT2D eigenvalue weighted by molar-refractivity contribution is -0.152. The minimum absolute atomic E-state index is 0.0342. The van der Waals surface area contributed by atoms with Crippen molar-refractivity contribution >= 4 is 12.1 Å². The normalized spacial score (nSPS) is 26.3. The molecule has 0 aromatic heterocycles. The summed E-state index contributed by atoms with van der Waals surface area (Å²) in [6.07, 6.45) is 2.22. The third kappa shape index (κ3) is 3.30. The number of esters is 1. The largest absolute Gasteiger partial charge is 0.465 e. The van der Waals surface area contributed by atoms with E-state index in [1.807, 2.05) is 29.2 Å². The molecule has 6 nitrogen and oxygen atoms in total. The van der Waals surface area contributed by atoms with Gasteiger partial charge in [0.1, 0.15) is 12.1 Å². The van der Waals surface area contributed by atoms with Crippen molar-refractivity contribution in [3.63, 3.8) is 0 Å². The molecule has 162 valence electrons. The number of hydrogen-bond acceptors (Lipinski definition) is 5. The Bertz CT molecular complexity index is 961. The van der Waals surface area contributed by atoms with Crippen LogP contribution in [0.3, 0.4) is 0 Å². The quantitative estimate of drug-likeness (QED) is 0.761. The monoisotopic (exact) mass is 420 g/mol. The third-order valence-corrected chi connectivity index (χ3v) is 7.05. The Morgan fingerprint density at radius 2 is 1.52 bits per heavy atom. The van der Waals surface area contributed by atoms with Crippen molar-refractivity contribution in [1.29, 1.82) is 0 Å². The molecule has 2 aromatic rings. The van der Waals surface area contributed by atoms with Crippen LogP contribution in [0.15, 0.2) is 48.5 Å². The van der Waals surface area contributed by atoms with Gasteiger partial charge in [-0.25, -0.2) is 4.79 Å². The number of carbonyl (C=O) groups excluding carboxylic acids is 2. The standard InChI is InChI=1S/C25H28N2O4/c1-2-30-23(28)25(26)13-16-11-12-17(14-25)27(16)24(29)31-15-22-20-9-5-3-7-18(20)19-8-4-6-10-21(19)22/h3-10,16-17,22H,2,11-15,26H2,1H3. The summed E-state index contributed by atoms with van der Waals surface area (Å²) in [5.41, 5.74) is 10.2. The van der Waals surface area contributed by atoms with Gasteiger partial charge >= 0.3 is 12.1 Å². The first-order chi connectivity index (χ1) is 15.0. The van der Waals surface area contributed by atoms with Gasteiger partial charge in [0.05, 0.1) is 6.61 Å². The second kappa shape index (κ2) is 7.68. The van der Waals surface area contributed by atoms with E-state index in [1.54, 1.807) is 6.92 Å². The second-order valence-corrected chi connectivity index (χ2v) is 8.88. The summed E-state index contributed by atoms with van der Waals surface area (Å²) in [4.78, 5) is 27.3. The zero-order valence-electron chi connectivity index (χ0n) is 17.8. The molecule has 2 heterocycles. The van der Waals surface area contributed by atoms with Gasteiger partial charge in [0.2, 0.25) is 0 Å². The van der Waals surface area contributed by atoms with Crippen LogP contribution in [-0.4, -0.2) is 47.8 Å². The van der Waals surface area contributed by atoms with Gasteiger partial charge in [-0.05, 0) is 54.9 Å². The van der Waals surface area contributed by atoms with Gasteiger partial charge in [-0.1, -0.05) is 48.5 Å². The molecule has 0 spiro atoms. The Balaban J connectivity index is 1.30. The molecule has 31 heavy (non-hydrogen) atoms. The summed E-state index contributed by atoms with van der Waals surface area (Å²) >= 11 is 0. The summed E-state index contributed by atoms with van der Waals surface area (Å²) in [5.74, 6) is -0.328. The number of amides is 1. The van der Waals surface area contributed by atoms with Crippen molar-refractivity contribution in [2.24, 2.45) is 5.73 Å². The van der Waals surface area contributed by atoms with Gasteiger partial charge in [-0.15, -0.1) is 0 Å². The first-order valence-electron chi connectivity index (χ1n) is 11.1. The molecular formula is C25H28N2O4. The van der Waals surface area contributed by atoms with Gasteiger partial charge in [0.25, 0.3) is 0 Å². The van der Waals surface area contributed by atoms with Gasteiger partial charge in [0.15, 0.2) is 0 Å². The molecule has 3 aliphatic rings. The van der Waals surface area contributed by atoms with E-state index in [4.69, 9.17) is 15.2 Å². The number of ether oxygens (including phenoxy) is 2. The van der Waals surface area contributed by atoms with E-state index in [9.17, 15) is 9.59 Å². The lowest BCUT2D eigenvalue weighted by Crippen LogP contribution is -2.61. The summed E-state index contributed by atoms with van der Waals surface area (Å²) in [7, 11) is 0. The van der Waals surface area contributed by atoms with E-state index in [0.717, 1.165) is 12.8 Å². The molecule has 2 fully saturated rings. The summed E-state index contributed by atoms with van der Waals surface area (Å²) in [5, 5.41) is 0. The second-order valence-electron chi connectivity index (χ2n) is 8.88. The van der Waals surface area contributed by atoms with E-state index in [-0.39, 0.29) is 30.1 Å². The van der Waals surface area contributed by atoms with Crippen LogP contribution >= 0.6 is 0 Å². The highest BCUT2D eigenvalue weighted by molar-refractivity contribution is 5.82. The minimum Gasteiger partial charge on any atom is -0.465 e. The fourth-order valence-corrected chi connectivity index (χ4v) is 5.69. The van der Waals surface area contributed by atoms with Crippen LogP contribution in [0.4, 0.5) is 4.79 Å². The number of nitrogens with zero attached hydrogens (tertiary/aromatic N) is 1. The maximum Gasteiger partial charge on any atom is 0.410 e. The van der Waals surface area contributed by atoms with E-state index in [0.29, 0.717) is 26.1 Å². The van der Waals surface area contributed by atoms with E-state index in [2.05, 4.69) is 24.3 Å². The lowest BCUT2D eigenvalue weighted by atomic mass is 9.84. The first kappa shape index (κ1) is 20.1. The van der Waals surface area contributed by atoms with Gasteiger partial charge in [0, 0.05) is 18.0 Å². The van der Waals surface area contributed by atoms with Crippen LogP contribution in [0.1, 0.15) is 49.7 Å². The number of carbonyl (C=O) groups is 2. The van der Waals surface area contributed by atoms with Crippen LogP contribution in [0.2, 0.25) is 0 Å². The van der Waals surface area contributed by atoms with Crippen molar-refractivity contribution in [3.05, 3.63) is 59.7 Å². The van der Waals surface area contributed by atoms with Gasteiger partial charge < -0.3 is 20.1 Å². The molecule has 0 radical (unpaired) electrons. The third-order valence-electron chi connectivity index (χ3n) is 7.05. The van der Waals surface area contributed by atoms with Crippen LogP contribution in [-0.2, 0) is 14.3 Å². The fourth-order valence-electron chi connectivity index (χ4n) is 5.69. The summed E-state index contributed by atoms with van der Waals surface area (Å²) in [6.45, 7) is 2.39. The molecule has 1 aliphatic carbocycles. The predicted octanol–water partition coefficient (Wildman–Crippen LogP) is 3.82. The van der Waals surface area contributed by atoms with Crippen LogP contribution < -0.4 is 5.73 Å². The van der Waals surface area contributed by atoms with E-state index >= 15 is 0 Å². The molecule has 5 rings (SSSR count). The lowest BCUT2D eigenvalue weighted by Gasteiger charge is -2.42. The molecule has 2 unspecified atom stereocenters. The van der Waals surface area contributed by atoms with Crippen LogP contribution in [0, 0.1) is 0 Å². The number of hydrogen-bond donors (Lipinski definition) is 1. The Morgan fingerprint density at radius 3 is 2.06 bits per heavy atom. The van der Waals surface area contributed by atoms with Crippen LogP contribution in [0.5, 0.6) is 0 Å². The maximum absolute atomic E-state index is 13.1. The molecule has 2 N–H and O–H groups in total. The van der Waals surface area contributed by atoms with Gasteiger partial charge in [-0.2, -0.15) is 0 Å². The average molecular weight is 421 g/mol. The van der Waals surface area contributed by atoms with Crippen molar-refractivity contribution in [2.45, 2.75) is 56.1 Å². The van der Waals surface area contributed by atoms with Gasteiger partial charge in [-0.3, -0.25) is 4.79 Å². The Labute approximate surface area is 182 Å². The minimum atomic E-state index is -1.01. The molecular weight excluding hydrogens is 392 g/mol. The number of fused-ring (bicyclic) bond motifs is 5. The fraction of sp³-hybridized carbons (Fsp3) is 0.440. The molecule has 2 bridgehead atoms. The van der Waals surface area contributed by atoms with Crippen molar-refractivity contribution < 1.29 is 19.1 Å². The zero-order valence-corrected chi connectivity index (χ0v) is 17.8. The highest BCUT2D eigenvalue weighted by Gasteiger charge is 2.53. The molecule has 2 aromatic carbocycles. The number of nitrogens with two attached hydrogens (primary N) is 1. The average Bonchev–Trinajstić information content (AvgIpc) is 3.25. The Kier molecular flexibility index (Phi) is 4.97. The number of benzene rings is 2. The Morgan fingerprint density at radius 1 is 0.968 bits per heavy atom. The van der Waals surface area contributed by atoms with Crippen molar-refractivity contribution in [3.8, 4) is 11.1 Å². The smallest absolute Gasteiger partial charge is 0.410 e. The molecule has 1 amide bonds. The Hall–Kier alpha value is -2.86. The molecule has 2 aliphatic heterocycles. The van der Waals surface area contributed by atoms with Crippen molar-refractivity contribution in [2.75, 3.05) is 13.2 Å². The first-order valence-corrected chi connectivity index (χ1v) is 11.1. The highest BCUT2D eigenvalue weighted by atomic mass is 16.6. The number of rotatable bonds is 4. The molecule has 2 saturated heterocycles. The molecule has 2 atom stereocenters. The van der Waals surface area contributed by atoms with E-state index < -0.39 is 5.54 Å². The maximum atomic E-state index is 13.1. The van der Waals surface area contributed by atoms with E-state index in [1.165, 1.54) is 22.3 Å². The molecule has 0 saturated carbocycles. The summed E-state index contributed by atoms with van der Waals surface area (Å²) < 4.78 is 11.1. The zero-order chi connectivity index (χ0) is 21.6. The van der Waals surface area contributed by atoms with Crippen LogP contribution in [0.25, 0.3) is 11.1 Å². The topological polar surface area (TPSA) is 81.9 Å². The van der Waals surface area contributed by atoms with Crippen molar-refractivity contribution in [1.82, 2.24) is 4.90 Å². The summed E-state index contributed by atoms with van der Waals surface area (Å²) in [6, 6.07) is 16.4. The highest BCUT2D eigenvalue weighted by Crippen LogP contribution is 2.45. The number of piperidine rings is 1. The molecule has 6 heteroatoms. The SMILES string of the molecule is CCOC(=O)C1(N)CC2CCC(C1)N2C(=O)OCC1c2ccccc2-c2ccccc21.